The molecule has 296 valence electrons. The lowest BCUT2D eigenvalue weighted by atomic mass is 9.91. The molecule has 0 fully saturated rings. The molecule has 1 aromatic heterocycles. The molecule has 0 saturated carbocycles. The van der Waals surface area contributed by atoms with Crippen molar-refractivity contribution in [2.24, 2.45) is 11.8 Å². The van der Waals surface area contributed by atoms with Crippen LogP contribution in [-0.2, 0) is 0 Å². The van der Waals surface area contributed by atoms with Gasteiger partial charge in [-0.05, 0) is 91.4 Å². The third kappa shape index (κ3) is 8.94. The van der Waals surface area contributed by atoms with Gasteiger partial charge in [-0.3, -0.25) is 0 Å². The Labute approximate surface area is 356 Å². The zero-order chi connectivity index (χ0) is 41.5. The van der Waals surface area contributed by atoms with Gasteiger partial charge in [-0.1, -0.05) is 125 Å². The topological polar surface area (TPSA) is 13.8 Å². The predicted octanol–water partition coefficient (Wildman–Crippen LogP) is 14.9. The molecule has 1 aliphatic rings. The lowest BCUT2D eigenvalue weighted by Crippen LogP contribution is -2.23. The first kappa shape index (κ1) is 41.0. The summed E-state index contributed by atoms with van der Waals surface area (Å²) in [7, 11) is 0. The maximum atomic E-state index is 8.71. The highest BCUT2D eigenvalue weighted by molar-refractivity contribution is 7.18. The number of hydrogen-bond acceptors (Lipinski definition) is 3. The van der Waals surface area contributed by atoms with E-state index in [1.54, 1.807) is 11.3 Å². The normalized spacial score (nSPS) is 12.3. The number of benzene rings is 5. The van der Waals surface area contributed by atoms with Crippen molar-refractivity contribution >= 4 is 56.1 Å². The molecule has 6 aromatic rings. The van der Waals surface area contributed by atoms with Gasteiger partial charge in [0.2, 0.25) is 17.1 Å². The summed E-state index contributed by atoms with van der Waals surface area (Å²) in [6.45, 7) is 26.9. The van der Waals surface area contributed by atoms with E-state index < -0.39 is 0 Å². The predicted molar refractivity (Wildman–Crippen MR) is 255 cm³/mol. The van der Waals surface area contributed by atoms with Crippen molar-refractivity contribution in [1.29, 1.82) is 0 Å². The van der Waals surface area contributed by atoms with E-state index in [1.165, 1.54) is 22.5 Å². The van der Waals surface area contributed by atoms with Crippen molar-refractivity contribution in [3.63, 3.8) is 0 Å². The molecule has 0 bridgehead atoms. The maximum Gasteiger partial charge on any atom is 0.229 e. The number of anilines is 4. The zero-order valence-electron chi connectivity index (χ0n) is 35.5. The van der Waals surface area contributed by atoms with Crippen molar-refractivity contribution in [2.75, 3.05) is 29.4 Å². The molecule has 4 nitrogen and oxygen atoms in total. The van der Waals surface area contributed by atoms with Gasteiger partial charge in [0.25, 0.3) is 0 Å². The third-order valence-electron chi connectivity index (χ3n) is 10.7. The summed E-state index contributed by atoms with van der Waals surface area (Å²) in [5, 5.41) is 0.957. The maximum absolute atomic E-state index is 8.71. The largest absolute Gasteiger partial charge is 0.342 e. The molecule has 1 heterocycles. The molecule has 0 unspecified atom stereocenters. The van der Waals surface area contributed by atoms with Gasteiger partial charge in [0.15, 0.2) is 6.54 Å². The second-order valence-corrected chi connectivity index (χ2v) is 17.1. The van der Waals surface area contributed by atoms with Gasteiger partial charge in [0.1, 0.15) is 5.00 Å². The van der Waals surface area contributed by atoms with Gasteiger partial charge in [0, 0.05) is 75.9 Å². The molecule has 1 aliphatic carbocycles. The minimum atomic E-state index is 0.473. The lowest BCUT2D eigenvalue weighted by Gasteiger charge is -2.28. The van der Waals surface area contributed by atoms with Crippen LogP contribution < -0.4 is 9.80 Å². The van der Waals surface area contributed by atoms with Gasteiger partial charge < -0.3 is 9.80 Å². The summed E-state index contributed by atoms with van der Waals surface area (Å²) in [6.07, 6.45) is 9.11. The number of thiophene rings is 1. The second kappa shape index (κ2) is 18.6. The van der Waals surface area contributed by atoms with E-state index in [0.717, 1.165) is 74.4 Å². The number of aryl methyl sites for hydroxylation is 2. The molecule has 0 saturated heterocycles. The second-order valence-electron chi connectivity index (χ2n) is 16.1. The molecule has 0 radical (unpaired) electrons. The van der Waals surface area contributed by atoms with Gasteiger partial charge in [0.05, 0.1) is 6.57 Å². The molecular formula is C54H55N4S+. The molecule has 0 atom stereocenters. The Morgan fingerprint density at radius 3 is 1.85 bits per heavy atom. The van der Waals surface area contributed by atoms with Crippen LogP contribution in [0.25, 0.3) is 21.5 Å². The van der Waals surface area contributed by atoms with Crippen LogP contribution in [0.1, 0.15) is 56.2 Å². The van der Waals surface area contributed by atoms with Crippen LogP contribution in [0, 0.1) is 32.3 Å². The van der Waals surface area contributed by atoms with Crippen LogP contribution in [0.4, 0.5) is 33.4 Å². The Hall–Kier alpha value is -6.22. The van der Waals surface area contributed by atoms with E-state index >= 15 is 0 Å². The number of nitrogens with zero attached hydrogens (tertiary/aromatic N) is 4. The van der Waals surface area contributed by atoms with Crippen molar-refractivity contribution in [1.82, 2.24) is 0 Å². The smallest absolute Gasteiger partial charge is 0.229 e. The van der Waals surface area contributed by atoms with E-state index in [4.69, 9.17) is 6.57 Å². The number of hydrogen-bond donors (Lipinski definition) is 0. The third-order valence-corrected chi connectivity index (χ3v) is 12.0. The SMILES string of the molecule is [C-]#[N+]c1c(N(CC)c2ccccc2)sc(C(=C2C=CC(=[N+](CC(C)C)c3ccccc3C)C=C2)c2ccc(N(CC(C)C)c3ccccc3C)cc2)c1-c1ccccc1. The molecule has 5 aromatic carbocycles. The molecular weight excluding hydrogens is 737 g/mol. The van der Waals surface area contributed by atoms with Gasteiger partial charge in [-0.15, -0.1) is 11.3 Å². The van der Waals surface area contributed by atoms with Crippen molar-refractivity contribution in [3.8, 4) is 11.1 Å². The monoisotopic (exact) mass is 791 g/mol. The van der Waals surface area contributed by atoms with E-state index in [9.17, 15) is 0 Å². The number of allylic oxidation sites excluding steroid dienone is 5. The fourth-order valence-corrected chi connectivity index (χ4v) is 9.43. The quantitative estimate of drug-likeness (QED) is 0.0854. The van der Waals surface area contributed by atoms with E-state index in [1.807, 2.05) is 12.1 Å². The Morgan fingerprint density at radius 1 is 0.661 bits per heavy atom. The fourth-order valence-electron chi connectivity index (χ4n) is 7.99. The molecule has 5 heteroatoms. The summed E-state index contributed by atoms with van der Waals surface area (Å²) in [4.78, 5) is 10.2. The summed E-state index contributed by atoms with van der Waals surface area (Å²) in [5.74, 6) is 0.946. The minimum Gasteiger partial charge on any atom is -0.342 e. The van der Waals surface area contributed by atoms with Crippen LogP contribution in [0.15, 0.2) is 163 Å². The van der Waals surface area contributed by atoms with E-state index in [-0.39, 0.29) is 0 Å². The lowest BCUT2D eigenvalue weighted by molar-refractivity contribution is -0.447. The standard InChI is InChI=1S/C54H55N4S/c1-9-56(45-24-14-11-15-25-45)54-52(55-8)51(42-22-12-10-13-23-42)53(59-54)50(43-28-32-46(33-29-43)57(36-38(2)3)48-26-18-16-20-40(48)6)44-30-34-47(35-31-44)58(37-39(4)5)49-27-19-17-21-41(49)7/h10-35,38-39H,9,36-37H2,1-7H3/q+1. The summed E-state index contributed by atoms with van der Waals surface area (Å²) in [6, 6.07) is 47.4. The summed E-state index contributed by atoms with van der Waals surface area (Å²) in [5.41, 5.74) is 14.4. The zero-order valence-corrected chi connectivity index (χ0v) is 36.3. The first-order valence-electron chi connectivity index (χ1n) is 20.8. The first-order chi connectivity index (χ1) is 28.7. The van der Waals surface area contributed by atoms with Crippen LogP contribution in [0.2, 0.25) is 0 Å². The average Bonchev–Trinajstić information content (AvgIpc) is 3.62. The molecule has 59 heavy (non-hydrogen) atoms. The van der Waals surface area contributed by atoms with Gasteiger partial charge >= 0.3 is 0 Å². The van der Waals surface area contributed by atoms with Crippen LogP contribution in [-0.4, -0.2) is 29.9 Å². The molecule has 0 N–H and O–H groups in total. The van der Waals surface area contributed by atoms with Crippen molar-refractivity contribution in [2.45, 2.75) is 48.5 Å². The van der Waals surface area contributed by atoms with Crippen molar-refractivity contribution in [3.05, 3.63) is 196 Å². The molecule has 0 spiro atoms. The summed E-state index contributed by atoms with van der Waals surface area (Å²) < 4.78 is 2.45. The Morgan fingerprint density at radius 2 is 1.25 bits per heavy atom. The van der Waals surface area contributed by atoms with Crippen LogP contribution >= 0.6 is 11.3 Å². The van der Waals surface area contributed by atoms with E-state index in [2.05, 4.69) is 213 Å². The Bertz CT molecular complexity index is 2550. The highest BCUT2D eigenvalue weighted by Gasteiger charge is 2.29. The molecule has 7 rings (SSSR count). The van der Waals surface area contributed by atoms with Crippen molar-refractivity contribution < 1.29 is 4.58 Å². The molecule has 0 aliphatic heterocycles. The highest BCUT2D eigenvalue weighted by atomic mass is 32.1. The number of rotatable bonds is 13. The fraction of sp³-hybridized carbons (Fsp3) is 0.222. The molecule has 0 amide bonds. The Balaban J connectivity index is 1.48. The highest BCUT2D eigenvalue weighted by Crippen LogP contribution is 2.54. The Kier molecular flexibility index (Phi) is 12.9. The van der Waals surface area contributed by atoms with Gasteiger partial charge in [-0.25, -0.2) is 4.85 Å². The van der Waals surface area contributed by atoms with Crippen LogP contribution in [0.3, 0.4) is 0 Å². The number of para-hydroxylation sites is 3. The van der Waals surface area contributed by atoms with Crippen LogP contribution in [0.5, 0.6) is 0 Å². The first-order valence-corrected chi connectivity index (χ1v) is 21.7. The average molecular weight is 792 g/mol. The van der Waals surface area contributed by atoms with E-state index in [0.29, 0.717) is 17.5 Å². The summed E-state index contributed by atoms with van der Waals surface area (Å²) >= 11 is 1.72. The minimum absolute atomic E-state index is 0.473. The van der Waals surface area contributed by atoms with Gasteiger partial charge in [-0.2, -0.15) is 4.58 Å².